The minimum atomic E-state index is 0.0246. The average molecular weight is 200 g/mol. The Hall–Kier alpha value is -0.0800. The van der Waals surface area contributed by atoms with Crippen LogP contribution in [0.1, 0.15) is 59.3 Å². The Morgan fingerprint density at radius 3 is 2.64 bits per heavy atom. The van der Waals surface area contributed by atoms with Crippen LogP contribution in [0.5, 0.6) is 0 Å². The van der Waals surface area contributed by atoms with Gasteiger partial charge in [0.05, 0.1) is 5.60 Å². The quantitative estimate of drug-likeness (QED) is 0.676. The third-order valence-corrected chi connectivity index (χ3v) is 3.08. The first-order valence-electron chi connectivity index (χ1n) is 5.99. The SMILES string of the molecule is CCCC(C)(CC)OC1CCCCO1. The number of hydrogen-bond acceptors (Lipinski definition) is 2. The highest BCUT2D eigenvalue weighted by Gasteiger charge is 2.27. The molecule has 1 aliphatic rings. The lowest BCUT2D eigenvalue weighted by Crippen LogP contribution is -2.36. The fourth-order valence-corrected chi connectivity index (χ4v) is 1.97. The van der Waals surface area contributed by atoms with Crippen molar-refractivity contribution in [2.75, 3.05) is 6.61 Å². The van der Waals surface area contributed by atoms with Gasteiger partial charge in [-0.1, -0.05) is 20.3 Å². The molecule has 0 amide bonds. The molecule has 2 nitrogen and oxygen atoms in total. The maximum absolute atomic E-state index is 6.05. The van der Waals surface area contributed by atoms with Crippen LogP contribution >= 0.6 is 0 Å². The lowest BCUT2D eigenvalue weighted by molar-refractivity contribution is -0.223. The van der Waals surface area contributed by atoms with E-state index in [9.17, 15) is 0 Å². The minimum Gasteiger partial charge on any atom is -0.353 e. The first-order valence-corrected chi connectivity index (χ1v) is 5.99. The van der Waals surface area contributed by atoms with Crippen LogP contribution in [-0.4, -0.2) is 18.5 Å². The molecular weight excluding hydrogens is 176 g/mol. The number of hydrogen-bond donors (Lipinski definition) is 0. The van der Waals surface area contributed by atoms with E-state index in [1.165, 1.54) is 19.3 Å². The molecule has 0 N–H and O–H groups in total. The molecule has 0 radical (unpaired) electrons. The van der Waals surface area contributed by atoms with Gasteiger partial charge in [-0.2, -0.15) is 0 Å². The Morgan fingerprint density at radius 2 is 2.14 bits per heavy atom. The van der Waals surface area contributed by atoms with Gasteiger partial charge in [0.15, 0.2) is 6.29 Å². The van der Waals surface area contributed by atoms with E-state index in [0.717, 1.165) is 25.9 Å². The second-order valence-corrected chi connectivity index (χ2v) is 4.47. The largest absolute Gasteiger partial charge is 0.353 e. The summed E-state index contributed by atoms with van der Waals surface area (Å²) >= 11 is 0. The normalized spacial score (nSPS) is 27.2. The Kier molecular flexibility index (Phi) is 4.90. The van der Waals surface area contributed by atoms with Gasteiger partial charge in [-0.3, -0.25) is 0 Å². The third-order valence-electron chi connectivity index (χ3n) is 3.08. The third kappa shape index (κ3) is 3.58. The molecule has 0 bridgehead atoms. The van der Waals surface area contributed by atoms with E-state index in [0.29, 0.717) is 0 Å². The van der Waals surface area contributed by atoms with Crippen LogP contribution in [-0.2, 0) is 9.47 Å². The smallest absolute Gasteiger partial charge is 0.158 e. The van der Waals surface area contributed by atoms with E-state index < -0.39 is 0 Å². The summed E-state index contributed by atoms with van der Waals surface area (Å²) in [6.45, 7) is 7.47. The monoisotopic (exact) mass is 200 g/mol. The Morgan fingerprint density at radius 1 is 1.36 bits per heavy atom. The summed E-state index contributed by atoms with van der Waals surface area (Å²) in [5.41, 5.74) is 0.0246. The molecule has 0 spiro atoms. The van der Waals surface area contributed by atoms with E-state index in [2.05, 4.69) is 20.8 Å². The highest BCUT2D eigenvalue weighted by molar-refractivity contribution is 4.74. The van der Waals surface area contributed by atoms with Crippen molar-refractivity contribution >= 4 is 0 Å². The van der Waals surface area contributed by atoms with E-state index >= 15 is 0 Å². The van der Waals surface area contributed by atoms with Crippen LogP contribution in [0.3, 0.4) is 0 Å². The predicted molar refractivity (Wildman–Crippen MR) is 58.3 cm³/mol. The van der Waals surface area contributed by atoms with Crippen molar-refractivity contribution in [3.8, 4) is 0 Å². The predicted octanol–water partition coefficient (Wildman–Crippen LogP) is 3.50. The van der Waals surface area contributed by atoms with Gasteiger partial charge in [0.25, 0.3) is 0 Å². The molecule has 0 aliphatic carbocycles. The van der Waals surface area contributed by atoms with Gasteiger partial charge in [0, 0.05) is 6.61 Å². The first-order chi connectivity index (χ1) is 6.70. The summed E-state index contributed by atoms with van der Waals surface area (Å²) in [4.78, 5) is 0. The van der Waals surface area contributed by atoms with Gasteiger partial charge in [-0.25, -0.2) is 0 Å². The molecule has 1 fully saturated rings. The fraction of sp³-hybridized carbons (Fsp3) is 1.00. The van der Waals surface area contributed by atoms with Crippen molar-refractivity contribution in [2.24, 2.45) is 0 Å². The molecule has 0 aromatic heterocycles. The van der Waals surface area contributed by atoms with Crippen molar-refractivity contribution in [3.05, 3.63) is 0 Å². The molecule has 2 heteroatoms. The Bertz CT molecular complexity index is 152. The molecule has 0 aromatic carbocycles. The van der Waals surface area contributed by atoms with Crippen LogP contribution in [0.15, 0.2) is 0 Å². The maximum atomic E-state index is 6.05. The molecule has 0 aromatic rings. The van der Waals surface area contributed by atoms with E-state index in [4.69, 9.17) is 9.47 Å². The van der Waals surface area contributed by atoms with Crippen molar-refractivity contribution in [1.82, 2.24) is 0 Å². The standard InChI is InChI=1S/C12H24O2/c1-4-9-12(3,5-2)14-11-8-6-7-10-13-11/h11H,4-10H2,1-3H3. The molecule has 1 aliphatic heterocycles. The Balaban J connectivity index is 2.37. The lowest BCUT2D eigenvalue weighted by Gasteiger charge is -2.34. The average Bonchev–Trinajstić information content (AvgIpc) is 2.20. The van der Waals surface area contributed by atoms with Gasteiger partial charge in [-0.05, 0) is 39.0 Å². The lowest BCUT2D eigenvalue weighted by atomic mass is 9.97. The van der Waals surface area contributed by atoms with Gasteiger partial charge in [-0.15, -0.1) is 0 Å². The molecule has 14 heavy (non-hydrogen) atoms. The van der Waals surface area contributed by atoms with Crippen molar-refractivity contribution < 1.29 is 9.47 Å². The second-order valence-electron chi connectivity index (χ2n) is 4.47. The van der Waals surface area contributed by atoms with E-state index in [1.54, 1.807) is 0 Å². The zero-order chi connectivity index (χ0) is 10.4. The van der Waals surface area contributed by atoms with Crippen LogP contribution < -0.4 is 0 Å². The summed E-state index contributed by atoms with van der Waals surface area (Å²) in [5.74, 6) is 0. The van der Waals surface area contributed by atoms with Crippen molar-refractivity contribution in [2.45, 2.75) is 71.2 Å². The summed E-state index contributed by atoms with van der Waals surface area (Å²) in [5, 5.41) is 0. The van der Waals surface area contributed by atoms with E-state index in [1.807, 2.05) is 0 Å². The molecule has 1 rings (SSSR count). The van der Waals surface area contributed by atoms with Crippen LogP contribution in [0.4, 0.5) is 0 Å². The highest BCUT2D eigenvalue weighted by atomic mass is 16.7. The highest BCUT2D eigenvalue weighted by Crippen LogP contribution is 2.27. The summed E-state index contributed by atoms with van der Waals surface area (Å²) < 4.78 is 11.6. The molecule has 1 saturated heterocycles. The van der Waals surface area contributed by atoms with Gasteiger partial charge < -0.3 is 9.47 Å². The molecular formula is C12H24O2. The van der Waals surface area contributed by atoms with Crippen LogP contribution in [0.2, 0.25) is 0 Å². The van der Waals surface area contributed by atoms with E-state index in [-0.39, 0.29) is 11.9 Å². The van der Waals surface area contributed by atoms with Crippen LogP contribution in [0.25, 0.3) is 0 Å². The van der Waals surface area contributed by atoms with Crippen LogP contribution in [0, 0.1) is 0 Å². The molecule has 84 valence electrons. The summed E-state index contributed by atoms with van der Waals surface area (Å²) in [6.07, 6.45) is 6.94. The number of rotatable bonds is 5. The summed E-state index contributed by atoms with van der Waals surface area (Å²) in [6, 6.07) is 0. The molecule has 0 saturated carbocycles. The van der Waals surface area contributed by atoms with Gasteiger partial charge >= 0.3 is 0 Å². The second kappa shape index (κ2) is 5.72. The van der Waals surface area contributed by atoms with Crippen molar-refractivity contribution in [1.29, 1.82) is 0 Å². The zero-order valence-corrected chi connectivity index (χ0v) is 9.84. The molecule has 1 heterocycles. The molecule has 2 atom stereocenters. The molecule has 2 unspecified atom stereocenters. The topological polar surface area (TPSA) is 18.5 Å². The van der Waals surface area contributed by atoms with Gasteiger partial charge in [0.2, 0.25) is 0 Å². The summed E-state index contributed by atoms with van der Waals surface area (Å²) in [7, 11) is 0. The number of ether oxygens (including phenoxy) is 2. The van der Waals surface area contributed by atoms with Crippen molar-refractivity contribution in [3.63, 3.8) is 0 Å². The first kappa shape index (κ1) is 12.0. The fourth-order valence-electron chi connectivity index (χ4n) is 1.97. The maximum Gasteiger partial charge on any atom is 0.158 e. The Labute approximate surface area is 88.0 Å². The zero-order valence-electron chi connectivity index (χ0n) is 9.84. The van der Waals surface area contributed by atoms with Gasteiger partial charge in [0.1, 0.15) is 0 Å². The minimum absolute atomic E-state index is 0.0246.